The maximum absolute atomic E-state index is 12.9. The molecule has 4 aromatic heterocycles. The molecule has 6 aromatic rings. The van der Waals surface area contributed by atoms with Gasteiger partial charge in [0, 0.05) is 49.4 Å². The van der Waals surface area contributed by atoms with Crippen molar-refractivity contribution < 1.29 is 48.0 Å². The number of benzene rings is 2. The van der Waals surface area contributed by atoms with Gasteiger partial charge >= 0.3 is 36.1 Å². The van der Waals surface area contributed by atoms with E-state index in [1.165, 1.54) is 36.7 Å². The first kappa shape index (κ1) is 52.1. The zero-order valence-corrected chi connectivity index (χ0v) is 38.3. The third-order valence-corrected chi connectivity index (χ3v) is 9.86. The summed E-state index contributed by atoms with van der Waals surface area (Å²) < 4.78 is 0. The van der Waals surface area contributed by atoms with Crippen LogP contribution in [0.25, 0.3) is 22.3 Å². The third-order valence-electron chi connectivity index (χ3n) is 9.86. The molecular weight excluding hydrogens is 965 g/mol. The minimum Gasteiger partial charge on any atom is -0.369 e. The first-order valence-corrected chi connectivity index (χ1v) is 20.7. The smallest absolute Gasteiger partial charge is 0.336 e. The number of anilines is 6. The molecule has 0 bridgehead atoms. The number of primary amides is 4. The van der Waals surface area contributed by atoms with E-state index in [9.17, 15) is 38.4 Å². The molecule has 0 aliphatic carbocycles. The number of hydroxylamine groups is 2. The van der Waals surface area contributed by atoms with E-state index < -0.39 is 59.8 Å². The second kappa shape index (κ2) is 22.4. The highest BCUT2D eigenvalue weighted by atomic mass is 16.7. The maximum Gasteiger partial charge on any atom is 0.336 e. The Morgan fingerprint density at radius 3 is 1.25 bits per heavy atom. The van der Waals surface area contributed by atoms with E-state index in [1.54, 1.807) is 48.2 Å². The number of hydrogen-bond donors (Lipinski definition) is 10. The predicted octanol–water partition coefficient (Wildman–Crippen LogP) is -2.29. The molecule has 0 atom stereocenters. The highest BCUT2D eigenvalue weighted by Gasteiger charge is 2.25. The molecule has 0 radical (unpaired) electrons. The number of aromatic nitrogens is 8. The lowest BCUT2D eigenvalue weighted by molar-refractivity contribution is -0.151. The number of carbonyl (C=O) groups excluding carboxylic acids is 8. The van der Waals surface area contributed by atoms with E-state index in [4.69, 9.17) is 56.0 Å². The molecule has 0 saturated heterocycles. The molecule has 0 spiro atoms. The van der Waals surface area contributed by atoms with Gasteiger partial charge in [-0.15, -0.1) is 0 Å². The predicted molar refractivity (Wildman–Crippen MR) is 253 cm³/mol. The van der Waals surface area contributed by atoms with Crippen LogP contribution < -0.4 is 87.1 Å². The number of rotatable bonds is 16. The van der Waals surface area contributed by atoms with Crippen LogP contribution in [-0.4, -0.2) is 102 Å². The van der Waals surface area contributed by atoms with Crippen LogP contribution >= 0.6 is 0 Å². The normalized spacial score (nSPS) is 10.7. The Morgan fingerprint density at radius 1 is 0.521 bits per heavy atom. The number of amides is 10. The molecule has 73 heavy (non-hydrogen) atoms. The van der Waals surface area contributed by atoms with Crippen LogP contribution in [0, 0.1) is 0 Å². The van der Waals surface area contributed by atoms with Crippen molar-refractivity contribution in [3.63, 3.8) is 0 Å². The minimum absolute atomic E-state index is 0.0695. The van der Waals surface area contributed by atoms with E-state index >= 15 is 0 Å². The molecule has 0 unspecified atom stereocenters. The number of hydrazine groups is 4. The fourth-order valence-corrected chi connectivity index (χ4v) is 6.19. The van der Waals surface area contributed by atoms with Crippen molar-refractivity contribution in [2.75, 3.05) is 43.9 Å². The van der Waals surface area contributed by atoms with Crippen LogP contribution in [0.5, 0.6) is 0 Å². The van der Waals surface area contributed by atoms with Crippen molar-refractivity contribution in [3.8, 4) is 0 Å². The largest absolute Gasteiger partial charge is 0.369 e. The minimum atomic E-state index is -1.13. The number of fused-ring (bicyclic) bond motifs is 2. The van der Waals surface area contributed by atoms with Gasteiger partial charge in [0.1, 0.15) is 0 Å². The number of hydrogen-bond acceptors (Lipinski definition) is 24. The van der Waals surface area contributed by atoms with Crippen molar-refractivity contribution in [2.45, 2.75) is 32.4 Å². The molecule has 4 heterocycles. The monoisotopic (exact) mass is 1010 g/mol. The number of nitrogens with one attached hydrogen (secondary N) is 2. The van der Waals surface area contributed by atoms with Gasteiger partial charge < -0.3 is 42.4 Å². The van der Waals surface area contributed by atoms with Crippen LogP contribution in [0.15, 0.2) is 60.9 Å². The lowest BCUT2D eigenvalue weighted by atomic mass is 10.2. The lowest BCUT2D eigenvalue weighted by Crippen LogP contribution is -2.45. The topological polar surface area (TPSA) is 510 Å². The number of urea groups is 4. The number of carbonyl (C=O) groups is 8. The van der Waals surface area contributed by atoms with Gasteiger partial charge in [0.25, 0.3) is 23.7 Å². The molecule has 18 N–H and O–H groups in total. The van der Waals surface area contributed by atoms with Gasteiger partial charge in [0.15, 0.2) is 34.0 Å². The molecule has 0 fully saturated rings. The SMILES string of the molecule is CN(Cc1cnc2nc(N(N)C(N)=O)nc(N(N)C(N)=O)c2n1)c1cccc(C(=O)NOC(=O)CCCC(=O)ONC(=O)c2cccc(N(C)Cc3cnc4nc(N(N)C(N)=O)nc(N(N)C(N)=O)c4n3)c2)c1. The Morgan fingerprint density at radius 2 is 0.890 bits per heavy atom. The molecule has 10 amide bonds. The fraction of sp³-hybridized carbons (Fsp3) is 0.179. The van der Waals surface area contributed by atoms with E-state index in [0.717, 1.165) is 0 Å². The third kappa shape index (κ3) is 12.7. The van der Waals surface area contributed by atoms with Gasteiger partial charge in [0.05, 0.1) is 36.9 Å². The van der Waals surface area contributed by atoms with Crippen molar-refractivity contribution in [2.24, 2.45) is 46.3 Å². The number of nitrogens with zero attached hydrogens (tertiary/aromatic N) is 14. The van der Waals surface area contributed by atoms with Crippen LogP contribution in [0.2, 0.25) is 0 Å². The molecule has 6 rings (SSSR count). The zero-order valence-electron chi connectivity index (χ0n) is 38.3. The molecule has 0 saturated carbocycles. The van der Waals surface area contributed by atoms with Gasteiger partial charge in [-0.2, -0.15) is 40.9 Å². The molecule has 0 aliphatic rings. The first-order valence-electron chi connectivity index (χ1n) is 20.7. The van der Waals surface area contributed by atoms with Crippen LogP contribution in [-0.2, 0) is 32.4 Å². The summed E-state index contributed by atoms with van der Waals surface area (Å²) in [5.74, 6) is 18.0. The van der Waals surface area contributed by atoms with E-state index in [-0.39, 0.29) is 77.4 Å². The quantitative estimate of drug-likeness (QED) is 0.0277. The zero-order chi connectivity index (χ0) is 53.3. The fourth-order valence-electron chi connectivity index (χ4n) is 6.19. The Bertz CT molecular complexity index is 2960. The average Bonchev–Trinajstić information content (AvgIpc) is 3.37. The van der Waals surface area contributed by atoms with Gasteiger partial charge in [-0.05, 0) is 42.8 Å². The summed E-state index contributed by atoms with van der Waals surface area (Å²) in [7, 11) is 3.34. The van der Waals surface area contributed by atoms with Crippen molar-refractivity contribution in [1.82, 2.24) is 50.8 Å². The van der Waals surface area contributed by atoms with Gasteiger partial charge in [-0.1, -0.05) is 12.1 Å². The maximum atomic E-state index is 12.9. The van der Waals surface area contributed by atoms with Gasteiger partial charge in [0.2, 0.25) is 0 Å². The molecular formula is C39H44N24O10. The van der Waals surface area contributed by atoms with E-state index in [2.05, 4.69) is 50.8 Å². The summed E-state index contributed by atoms with van der Waals surface area (Å²) >= 11 is 0. The second-order valence-electron chi connectivity index (χ2n) is 15.1. The van der Waals surface area contributed by atoms with Gasteiger partial charge in [-0.25, -0.2) is 82.1 Å². The van der Waals surface area contributed by atoms with E-state index in [1.807, 2.05) is 0 Å². The summed E-state index contributed by atoms with van der Waals surface area (Å²) in [6.45, 7) is 0.156. The van der Waals surface area contributed by atoms with Crippen molar-refractivity contribution >= 4 is 105 Å². The Balaban J connectivity index is 0.964. The van der Waals surface area contributed by atoms with Gasteiger partial charge in [-0.3, -0.25) is 9.59 Å². The van der Waals surface area contributed by atoms with Crippen LogP contribution in [0.3, 0.4) is 0 Å². The number of nitrogens with two attached hydrogens (primary N) is 8. The second-order valence-corrected chi connectivity index (χ2v) is 15.1. The average molecular weight is 1010 g/mol. The summed E-state index contributed by atoms with van der Waals surface area (Å²) in [5, 5.41) is 1.72. The summed E-state index contributed by atoms with van der Waals surface area (Å²) in [6, 6.07) is 7.92. The first-order chi connectivity index (χ1) is 34.6. The van der Waals surface area contributed by atoms with Crippen LogP contribution in [0.1, 0.15) is 51.4 Å². The summed E-state index contributed by atoms with van der Waals surface area (Å²) in [5.41, 5.74) is 26.7. The van der Waals surface area contributed by atoms with Crippen LogP contribution in [0.4, 0.5) is 54.1 Å². The highest BCUT2D eigenvalue weighted by Crippen LogP contribution is 2.26. The Hall–Kier alpha value is -10.3. The molecule has 380 valence electrons. The van der Waals surface area contributed by atoms with E-state index in [0.29, 0.717) is 42.8 Å². The Kier molecular flexibility index (Phi) is 16.0. The molecule has 2 aromatic carbocycles. The van der Waals surface area contributed by atoms with Crippen molar-refractivity contribution in [3.05, 3.63) is 83.4 Å². The Labute approximate surface area is 409 Å². The lowest BCUT2D eigenvalue weighted by Gasteiger charge is -2.21. The summed E-state index contributed by atoms with van der Waals surface area (Å²) in [6.07, 6.45) is 2.00. The molecule has 34 nitrogen and oxygen atoms in total. The highest BCUT2D eigenvalue weighted by molar-refractivity contribution is 5.99. The molecule has 34 heteroatoms. The van der Waals surface area contributed by atoms with Crippen molar-refractivity contribution in [1.29, 1.82) is 0 Å². The standard InChI is InChI=1S/C39H44N24O10/c1-58(16-20-14-48-28-26(50-20)30(60(44)34(40)68)54-38(52-28)62(46)36(42)70)22-8-3-6-18(12-22)32(66)56-72-24(64)10-5-11-25(65)73-57-33(67)19-7-4-9-23(13-19)59(2)17-21-15-49-29-27(51-21)31(61(45)35(41)69)55-39(53-29)63(47)37(43)71/h3-4,6-9,12-15H,5,10-11,16-17,44-47H2,1-2H3,(H2,40,68)(H2,41,69)(H2,42,70)(H2,43,71)(H,56,66)(H,57,67). The molecule has 0 aliphatic heterocycles. The summed E-state index contributed by atoms with van der Waals surface area (Å²) in [4.78, 5) is 144.